The monoisotopic (exact) mass is 490 g/mol. The molecule has 0 unspecified atom stereocenters. The largest absolute Gasteiger partial charge is 0.434 e. The first-order valence-electron chi connectivity index (χ1n) is 9.18. The molecule has 1 amide bonds. The van der Waals surface area contributed by atoms with Crippen LogP contribution in [-0.4, -0.2) is 22.4 Å². The van der Waals surface area contributed by atoms with Gasteiger partial charge in [0.2, 0.25) is 5.95 Å². The Labute approximate surface area is 179 Å². The first kappa shape index (κ1) is 21.8. The molecule has 1 aromatic carbocycles. The number of rotatable bonds is 5. The van der Waals surface area contributed by atoms with Crippen molar-refractivity contribution in [1.82, 2.24) is 15.3 Å². The van der Waals surface area contributed by atoms with E-state index in [2.05, 4.69) is 36.5 Å². The fourth-order valence-electron chi connectivity index (χ4n) is 3.26. The Morgan fingerprint density at radius 1 is 1.24 bits per heavy atom. The second-order valence-electron chi connectivity index (χ2n) is 6.92. The number of carbonyl (C=O) groups excluding carboxylic acids is 1. The van der Waals surface area contributed by atoms with Gasteiger partial charge < -0.3 is 10.6 Å². The molecule has 2 aromatic rings. The zero-order valence-corrected chi connectivity index (χ0v) is 17.7. The first-order valence-corrected chi connectivity index (χ1v) is 10.4. The van der Waals surface area contributed by atoms with E-state index in [0.717, 1.165) is 42.8 Å². The number of anilines is 2. The van der Waals surface area contributed by atoms with Crippen LogP contribution in [0.4, 0.5) is 24.8 Å². The van der Waals surface area contributed by atoms with E-state index in [1.165, 1.54) is 0 Å². The van der Waals surface area contributed by atoms with Gasteiger partial charge in [-0.15, -0.1) is 0 Å². The third-order valence-electron chi connectivity index (χ3n) is 4.76. The third-order valence-corrected chi connectivity index (χ3v) is 5.56. The number of nitrogens with one attached hydrogen (secondary N) is 2. The number of aromatic nitrogens is 2. The Kier molecular flexibility index (Phi) is 7.00. The highest BCUT2D eigenvalue weighted by Gasteiger charge is 2.38. The van der Waals surface area contributed by atoms with Crippen LogP contribution in [0.3, 0.4) is 0 Å². The zero-order chi connectivity index (χ0) is 21.0. The number of amides is 1. The van der Waals surface area contributed by atoms with Crippen molar-refractivity contribution >= 4 is 45.1 Å². The average Bonchev–Trinajstić information content (AvgIpc) is 2.68. The molecule has 3 rings (SSSR count). The summed E-state index contributed by atoms with van der Waals surface area (Å²) in [5.41, 5.74) is -1.54. The number of hydrogen-bond acceptors (Lipinski definition) is 4. The minimum atomic E-state index is -4.81. The molecule has 2 N–H and O–H groups in total. The molecule has 0 radical (unpaired) electrons. The van der Waals surface area contributed by atoms with Crippen LogP contribution < -0.4 is 10.6 Å². The number of carbonyl (C=O) groups is 1. The van der Waals surface area contributed by atoms with E-state index in [1.54, 1.807) is 18.2 Å². The van der Waals surface area contributed by atoms with Gasteiger partial charge in [-0.05, 0) is 37.0 Å². The van der Waals surface area contributed by atoms with E-state index < -0.39 is 23.3 Å². The second kappa shape index (κ2) is 9.30. The van der Waals surface area contributed by atoms with E-state index in [-0.39, 0.29) is 11.0 Å². The summed E-state index contributed by atoms with van der Waals surface area (Å²) < 4.78 is 41.3. The zero-order valence-electron chi connectivity index (χ0n) is 15.3. The Morgan fingerprint density at radius 2 is 1.97 bits per heavy atom. The summed E-state index contributed by atoms with van der Waals surface area (Å²) >= 11 is 9.32. The van der Waals surface area contributed by atoms with Gasteiger partial charge in [-0.2, -0.15) is 13.2 Å². The van der Waals surface area contributed by atoms with Crippen LogP contribution in [0.2, 0.25) is 5.02 Å². The van der Waals surface area contributed by atoms with Crippen LogP contribution in [0, 0.1) is 5.92 Å². The maximum absolute atomic E-state index is 13.5. The molecule has 1 aromatic heterocycles. The van der Waals surface area contributed by atoms with Gasteiger partial charge in [0.1, 0.15) is 0 Å². The molecule has 5 nitrogen and oxygen atoms in total. The van der Waals surface area contributed by atoms with Gasteiger partial charge in [0.15, 0.2) is 5.69 Å². The molecule has 0 atom stereocenters. The molecular weight excluding hydrogens is 473 g/mol. The van der Waals surface area contributed by atoms with Crippen molar-refractivity contribution in [3.63, 3.8) is 0 Å². The molecule has 156 valence electrons. The summed E-state index contributed by atoms with van der Waals surface area (Å²) in [6, 6.07) is 4.83. The fourth-order valence-corrected chi connectivity index (χ4v) is 3.98. The van der Waals surface area contributed by atoms with E-state index in [0.29, 0.717) is 18.2 Å². The van der Waals surface area contributed by atoms with Gasteiger partial charge in [0.05, 0.1) is 16.3 Å². The van der Waals surface area contributed by atoms with Crippen LogP contribution in [0.1, 0.15) is 48.2 Å². The summed E-state index contributed by atoms with van der Waals surface area (Å²) in [5, 5.41) is 5.54. The average molecular weight is 492 g/mol. The van der Waals surface area contributed by atoms with Crippen molar-refractivity contribution in [3.8, 4) is 0 Å². The number of hydrogen-bond donors (Lipinski definition) is 2. The molecular formula is C19H19BrClF3N4O. The minimum absolute atomic E-state index is 0.283. The predicted molar refractivity (Wildman–Crippen MR) is 108 cm³/mol. The lowest BCUT2D eigenvalue weighted by atomic mass is 9.89. The second-order valence-corrected chi connectivity index (χ2v) is 8.24. The molecule has 1 fully saturated rings. The highest BCUT2D eigenvalue weighted by atomic mass is 79.9. The Hall–Kier alpha value is -1.87. The predicted octanol–water partition coefficient (Wildman–Crippen LogP) is 5.97. The van der Waals surface area contributed by atoms with Crippen molar-refractivity contribution in [2.45, 2.75) is 38.3 Å². The van der Waals surface area contributed by atoms with Crippen molar-refractivity contribution in [3.05, 3.63) is 45.1 Å². The van der Waals surface area contributed by atoms with Crippen LogP contribution in [0.5, 0.6) is 0 Å². The molecule has 0 aliphatic heterocycles. The SMILES string of the molecule is O=C(NCC1CCCCC1)c1cnc(Nc2ccc(Br)cc2Cl)nc1C(F)(F)F. The Bertz CT molecular complexity index is 888. The maximum atomic E-state index is 13.5. The maximum Gasteiger partial charge on any atom is 0.434 e. The highest BCUT2D eigenvalue weighted by Crippen LogP contribution is 2.32. The lowest BCUT2D eigenvalue weighted by Gasteiger charge is -2.22. The van der Waals surface area contributed by atoms with Crippen molar-refractivity contribution in [2.75, 3.05) is 11.9 Å². The summed E-state index contributed by atoms with van der Waals surface area (Å²) in [5.74, 6) is -0.829. The summed E-state index contributed by atoms with van der Waals surface area (Å²) in [4.78, 5) is 19.8. The minimum Gasteiger partial charge on any atom is -0.352 e. The molecule has 10 heteroatoms. The quantitative estimate of drug-likeness (QED) is 0.541. The fraction of sp³-hybridized carbons (Fsp3) is 0.421. The lowest BCUT2D eigenvalue weighted by molar-refractivity contribution is -0.141. The van der Waals surface area contributed by atoms with Gasteiger partial charge in [-0.3, -0.25) is 4.79 Å². The third kappa shape index (κ3) is 5.82. The van der Waals surface area contributed by atoms with Crippen molar-refractivity contribution in [1.29, 1.82) is 0 Å². The molecule has 0 bridgehead atoms. The van der Waals surface area contributed by atoms with Crippen LogP contribution >= 0.6 is 27.5 Å². The van der Waals surface area contributed by atoms with E-state index >= 15 is 0 Å². The number of benzene rings is 1. The molecule has 1 saturated carbocycles. The first-order chi connectivity index (χ1) is 13.7. The van der Waals surface area contributed by atoms with Gasteiger partial charge in [0.25, 0.3) is 5.91 Å². The molecule has 29 heavy (non-hydrogen) atoms. The van der Waals surface area contributed by atoms with Gasteiger partial charge in [-0.25, -0.2) is 9.97 Å². The molecule has 0 saturated heterocycles. The van der Waals surface area contributed by atoms with Gasteiger partial charge in [0, 0.05) is 17.2 Å². The number of alkyl halides is 3. The summed E-state index contributed by atoms with van der Waals surface area (Å²) in [7, 11) is 0. The number of halogens is 5. The van der Waals surface area contributed by atoms with Crippen LogP contribution in [-0.2, 0) is 6.18 Å². The van der Waals surface area contributed by atoms with E-state index in [1.807, 2.05) is 0 Å². The standard InChI is InChI=1S/C19H19BrClF3N4O/c20-12-6-7-15(14(21)8-12)27-18-26-10-13(16(28-18)19(22,23)24)17(29)25-9-11-4-2-1-3-5-11/h6-8,10-11H,1-5,9H2,(H,25,29)(H,26,27,28). The smallest absolute Gasteiger partial charge is 0.352 e. The van der Waals surface area contributed by atoms with Gasteiger partial charge in [-0.1, -0.05) is 46.8 Å². The lowest BCUT2D eigenvalue weighted by Crippen LogP contribution is -2.32. The number of nitrogens with zero attached hydrogens (tertiary/aromatic N) is 2. The molecule has 1 aliphatic carbocycles. The normalized spacial score (nSPS) is 15.2. The molecule has 1 aliphatic rings. The Morgan fingerprint density at radius 3 is 2.62 bits per heavy atom. The topological polar surface area (TPSA) is 66.9 Å². The summed E-state index contributed by atoms with van der Waals surface area (Å²) in [6.45, 7) is 0.352. The highest BCUT2D eigenvalue weighted by molar-refractivity contribution is 9.10. The Balaban J connectivity index is 1.79. The van der Waals surface area contributed by atoms with E-state index in [4.69, 9.17) is 11.6 Å². The van der Waals surface area contributed by atoms with Gasteiger partial charge >= 0.3 is 6.18 Å². The summed E-state index contributed by atoms with van der Waals surface area (Å²) in [6.07, 6.45) is 1.35. The van der Waals surface area contributed by atoms with Crippen molar-refractivity contribution < 1.29 is 18.0 Å². The van der Waals surface area contributed by atoms with Crippen LogP contribution in [0.25, 0.3) is 0 Å². The van der Waals surface area contributed by atoms with E-state index in [9.17, 15) is 18.0 Å². The van der Waals surface area contributed by atoms with Crippen LogP contribution in [0.15, 0.2) is 28.9 Å². The van der Waals surface area contributed by atoms with Crippen molar-refractivity contribution in [2.24, 2.45) is 5.92 Å². The molecule has 1 heterocycles. The molecule has 0 spiro atoms.